The number of hydrogen-bond acceptors (Lipinski definition) is 3. The van der Waals surface area contributed by atoms with Gasteiger partial charge in [-0.05, 0) is 25.0 Å². The molecule has 4 nitrogen and oxygen atoms in total. The number of carbonyl (C=O) groups excluding carboxylic acids is 1. The number of aliphatic hydroxyl groups excluding tert-OH is 1. The van der Waals surface area contributed by atoms with Crippen LogP contribution in [0.15, 0.2) is 12.1 Å². The van der Waals surface area contributed by atoms with Crippen molar-refractivity contribution in [1.29, 1.82) is 0 Å². The summed E-state index contributed by atoms with van der Waals surface area (Å²) in [7, 11) is 0. The van der Waals surface area contributed by atoms with Crippen LogP contribution in [0.2, 0.25) is 10.3 Å². The highest BCUT2D eigenvalue weighted by atomic mass is 35.5. The lowest BCUT2D eigenvalue weighted by Gasteiger charge is -2.29. The molecule has 0 aromatic carbocycles. The molecule has 6 heteroatoms. The zero-order valence-corrected chi connectivity index (χ0v) is 12.6. The van der Waals surface area contributed by atoms with Gasteiger partial charge in [-0.25, -0.2) is 4.98 Å². The van der Waals surface area contributed by atoms with Crippen molar-refractivity contribution in [3.63, 3.8) is 0 Å². The smallest absolute Gasteiger partial charge is 0.254 e. The molecule has 1 amide bonds. The van der Waals surface area contributed by atoms with E-state index in [4.69, 9.17) is 23.2 Å². The minimum Gasteiger partial charge on any atom is -0.396 e. The van der Waals surface area contributed by atoms with Crippen LogP contribution in [0.25, 0.3) is 0 Å². The fourth-order valence-electron chi connectivity index (χ4n) is 1.72. The number of nitrogens with zero attached hydrogens (tertiary/aromatic N) is 1. The van der Waals surface area contributed by atoms with Gasteiger partial charge in [0.05, 0.1) is 12.2 Å². The van der Waals surface area contributed by atoms with Crippen molar-refractivity contribution in [3.8, 4) is 0 Å². The van der Waals surface area contributed by atoms with Crippen LogP contribution >= 0.6 is 23.2 Å². The van der Waals surface area contributed by atoms with Crippen molar-refractivity contribution in [2.75, 3.05) is 13.2 Å². The minimum atomic E-state index is -0.311. The molecule has 1 aromatic rings. The number of nitrogens with one attached hydrogen (secondary N) is 1. The van der Waals surface area contributed by atoms with Crippen LogP contribution in [0.1, 0.15) is 37.0 Å². The van der Waals surface area contributed by atoms with Crippen LogP contribution in [0.3, 0.4) is 0 Å². The molecule has 1 aromatic heterocycles. The van der Waals surface area contributed by atoms with Crippen LogP contribution in [-0.2, 0) is 0 Å². The van der Waals surface area contributed by atoms with Gasteiger partial charge in [0, 0.05) is 12.0 Å². The van der Waals surface area contributed by atoms with E-state index in [0.717, 1.165) is 12.8 Å². The molecule has 0 fully saturated rings. The van der Waals surface area contributed by atoms with E-state index < -0.39 is 0 Å². The minimum absolute atomic E-state index is 0.0346. The molecule has 0 bridgehead atoms. The molecule has 0 saturated heterocycles. The second-order valence-electron chi connectivity index (χ2n) is 4.52. The Hall–Kier alpha value is -0.840. The Morgan fingerprint density at radius 2 is 2.00 bits per heavy atom. The lowest BCUT2D eigenvalue weighted by atomic mass is 9.83. The summed E-state index contributed by atoms with van der Waals surface area (Å²) in [5.41, 5.74) is -0.00718. The SMILES string of the molecule is CCC(CC)(CO)CNC(=O)c1ccc(Cl)nc1Cl. The largest absolute Gasteiger partial charge is 0.396 e. The van der Waals surface area contributed by atoms with Gasteiger partial charge in [-0.15, -0.1) is 0 Å². The Kier molecular flexibility index (Phi) is 6.04. The van der Waals surface area contributed by atoms with Gasteiger partial charge >= 0.3 is 0 Å². The van der Waals surface area contributed by atoms with Crippen molar-refractivity contribution < 1.29 is 9.90 Å². The standard InChI is InChI=1S/C13H18Cl2N2O2/c1-3-13(4-2,8-18)7-16-12(19)9-5-6-10(14)17-11(9)15/h5-6,18H,3-4,7-8H2,1-2H3,(H,16,19). The van der Waals surface area contributed by atoms with E-state index in [9.17, 15) is 9.90 Å². The van der Waals surface area contributed by atoms with E-state index >= 15 is 0 Å². The van der Waals surface area contributed by atoms with Crippen LogP contribution in [0.5, 0.6) is 0 Å². The Morgan fingerprint density at radius 3 is 2.47 bits per heavy atom. The summed E-state index contributed by atoms with van der Waals surface area (Å²) in [6.45, 7) is 4.41. The van der Waals surface area contributed by atoms with E-state index in [1.54, 1.807) is 0 Å². The van der Waals surface area contributed by atoms with Gasteiger partial charge in [0.25, 0.3) is 5.91 Å². The number of hydrogen-bond donors (Lipinski definition) is 2. The highest BCUT2D eigenvalue weighted by molar-refractivity contribution is 6.34. The van der Waals surface area contributed by atoms with Gasteiger partial charge in [-0.1, -0.05) is 37.0 Å². The fourth-order valence-corrected chi connectivity index (χ4v) is 2.15. The van der Waals surface area contributed by atoms with E-state index in [2.05, 4.69) is 10.3 Å². The third-order valence-corrected chi connectivity index (χ3v) is 4.02. The zero-order valence-electron chi connectivity index (χ0n) is 11.0. The Bertz CT molecular complexity index is 440. The highest BCUT2D eigenvalue weighted by Gasteiger charge is 2.26. The molecule has 19 heavy (non-hydrogen) atoms. The Balaban J connectivity index is 2.75. The maximum absolute atomic E-state index is 12.0. The first-order chi connectivity index (χ1) is 8.98. The molecule has 0 aliphatic carbocycles. The fraction of sp³-hybridized carbons (Fsp3) is 0.538. The quantitative estimate of drug-likeness (QED) is 0.794. The van der Waals surface area contributed by atoms with E-state index in [1.165, 1.54) is 12.1 Å². The third-order valence-electron chi connectivity index (χ3n) is 3.52. The lowest BCUT2D eigenvalue weighted by Crippen LogP contribution is -2.39. The van der Waals surface area contributed by atoms with Crippen LogP contribution in [0, 0.1) is 5.41 Å². The molecule has 0 atom stereocenters. The normalized spacial score (nSPS) is 11.4. The second-order valence-corrected chi connectivity index (χ2v) is 5.27. The van der Waals surface area contributed by atoms with Crippen LogP contribution in [0.4, 0.5) is 0 Å². The van der Waals surface area contributed by atoms with Gasteiger partial charge < -0.3 is 10.4 Å². The Labute approximate surface area is 123 Å². The summed E-state index contributed by atoms with van der Waals surface area (Å²) in [5, 5.41) is 12.6. The number of halogens is 2. The molecule has 0 aliphatic rings. The summed E-state index contributed by atoms with van der Waals surface area (Å²) in [6, 6.07) is 3.05. The number of amides is 1. The number of rotatable bonds is 6. The van der Waals surface area contributed by atoms with E-state index in [-0.39, 0.29) is 33.8 Å². The first-order valence-corrected chi connectivity index (χ1v) is 6.94. The molecule has 1 rings (SSSR count). The number of aliphatic hydroxyl groups is 1. The maximum Gasteiger partial charge on any atom is 0.254 e. The van der Waals surface area contributed by atoms with Crippen LogP contribution in [-0.4, -0.2) is 29.1 Å². The van der Waals surface area contributed by atoms with E-state index in [1.807, 2.05) is 13.8 Å². The molecule has 0 spiro atoms. The summed E-state index contributed by atoms with van der Waals surface area (Å²) in [6.07, 6.45) is 1.57. The van der Waals surface area contributed by atoms with Gasteiger partial charge in [0.15, 0.2) is 0 Å². The monoisotopic (exact) mass is 304 g/mol. The maximum atomic E-state index is 12.0. The average molecular weight is 305 g/mol. The van der Waals surface area contributed by atoms with Crippen molar-refractivity contribution in [2.24, 2.45) is 5.41 Å². The average Bonchev–Trinajstić information content (AvgIpc) is 2.40. The predicted octanol–water partition coefficient (Wildman–Crippen LogP) is 2.92. The molecule has 0 saturated carbocycles. The van der Waals surface area contributed by atoms with Crippen molar-refractivity contribution in [3.05, 3.63) is 28.0 Å². The first-order valence-electron chi connectivity index (χ1n) is 6.19. The van der Waals surface area contributed by atoms with Gasteiger partial charge in [0.2, 0.25) is 0 Å². The summed E-state index contributed by atoms with van der Waals surface area (Å²) < 4.78 is 0. The van der Waals surface area contributed by atoms with Crippen LogP contribution < -0.4 is 5.32 Å². The summed E-state index contributed by atoms with van der Waals surface area (Å²) >= 11 is 11.5. The summed E-state index contributed by atoms with van der Waals surface area (Å²) in [4.78, 5) is 15.8. The second kappa shape index (κ2) is 7.08. The lowest BCUT2D eigenvalue weighted by molar-refractivity contribution is 0.0851. The molecule has 1 heterocycles. The topological polar surface area (TPSA) is 62.2 Å². The molecular weight excluding hydrogens is 287 g/mol. The highest BCUT2D eigenvalue weighted by Crippen LogP contribution is 2.25. The molecule has 2 N–H and O–H groups in total. The van der Waals surface area contributed by atoms with Crippen molar-refractivity contribution >= 4 is 29.1 Å². The molecule has 106 valence electrons. The molecule has 0 aliphatic heterocycles. The third kappa shape index (κ3) is 4.06. The zero-order chi connectivity index (χ0) is 14.5. The van der Waals surface area contributed by atoms with Gasteiger partial charge in [-0.3, -0.25) is 4.79 Å². The van der Waals surface area contributed by atoms with E-state index in [0.29, 0.717) is 6.54 Å². The molecule has 0 unspecified atom stereocenters. The summed E-state index contributed by atoms with van der Waals surface area (Å²) in [5.74, 6) is -0.311. The number of carbonyl (C=O) groups is 1. The number of aromatic nitrogens is 1. The Morgan fingerprint density at radius 1 is 1.37 bits per heavy atom. The predicted molar refractivity (Wildman–Crippen MR) is 76.7 cm³/mol. The van der Waals surface area contributed by atoms with Crippen molar-refractivity contribution in [2.45, 2.75) is 26.7 Å². The van der Waals surface area contributed by atoms with Crippen molar-refractivity contribution in [1.82, 2.24) is 10.3 Å². The molecule has 0 radical (unpaired) electrons. The molecular formula is C13H18Cl2N2O2. The first kappa shape index (κ1) is 16.2. The number of pyridine rings is 1. The van der Waals surface area contributed by atoms with Gasteiger partial charge in [-0.2, -0.15) is 0 Å². The van der Waals surface area contributed by atoms with Gasteiger partial charge in [0.1, 0.15) is 10.3 Å².